The van der Waals surface area contributed by atoms with E-state index in [1.807, 2.05) is 0 Å². The lowest BCUT2D eigenvalue weighted by atomic mass is 10.2. The standard InChI is InChI=1S/C14H23N3O3/c1-10(2)9-20-6-4-5-16-13-12(14(18)19-3)7-11(15)8-17-13/h7-8,10H,4-6,9,15H2,1-3H3,(H,16,17). The van der Waals surface area contributed by atoms with Crippen LogP contribution in [0, 0.1) is 5.92 Å². The SMILES string of the molecule is COC(=O)c1cc(N)cnc1NCCCOCC(C)C. The second-order valence-corrected chi connectivity index (χ2v) is 4.91. The molecule has 0 saturated carbocycles. The van der Waals surface area contributed by atoms with E-state index in [9.17, 15) is 4.79 Å². The Labute approximate surface area is 119 Å². The minimum atomic E-state index is -0.455. The quantitative estimate of drug-likeness (QED) is 0.559. The van der Waals surface area contributed by atoms with Gasteiger partial charge < -0.3 is 20.5 Å². The number of rotatable bonds is 8. The Morgan fingerprint density at radius 1 is 1.50 bits per heavy atom. The predicted molar refractivity (Wildman–Crippen MR) is 78.8 cm³/mol. The Balaban J connectivity index is 2.45. The zero-order valence-electron chi connectivity index (χ0n) is 12.3. The number of nitrogens with one attached hydrogen (secondary N) is 1. The van der Waals surface area contributed by atoms with E-state index in [2.05, 4.69) is 24.1 Å². The summed E-state index contributed by atoms with van der Waals surface area (Å²) in [7, 11) is 1.33. The normalized spacial score (nSPS) is 10.6. The molecule has 0 aliphatic heterocycles. The summed E-state index contributed by atoms with van der Waals surface area (Å²) in [6, 6.07) is 1.55. The summed E-state index contributed by atoms with van der Waals surface area (Å²) < 4.78 is 10.2. The fraction of sp³-hybridized carbons (Fsp3) is 0.571. The Morgan fingerprint density at radius 3 is 2.90 bits per heavy atom. The third-order valence-electron chi connectivity index (χ3n) is 2.52. The van der Waals surface area contributed by atoms with Crippen LogP contribution in [0.2, 0.25) is 0 Å². The van der Waals surface area contributed by atoms with Gasteiger partial charge in [-0.05, 0) is 18.4 Å². The van der Waals surface area contributed by atoms with Crippen molar-refractivity contribution in [3.8, 4) is 0 Å². The Bertz CT molecular complexity index is 436. The molecule has 0 aliphatic carbocycles. The van der Waals surface area contributed by atoms with Crippen molar-refractivity contribution in [3.63, 3.8) is 0 Å². The van der Waals surface area contributed by atoms with Gasteiger partial charge in [0.05, 0.1) is 19.0 Å². The van der Waals surface area contributed by atoms with Crippen molar-refractivity contribution in [1.29, 1.82) is 0 Å². The number of esters is 1. The van der Waals surface area contributed by atoms with Crippen LogP contribution in [-0.2, 0) is 9.47 Å². The van der Waals surface area contributed by atoms with Gasteiger partial charge in [0.15, 0.2) is 0 Å². The maximum atomic E-state index is 11.6. The molecule has 0 aliphatic rings. The molecule has 1 aromatic rings. The first-order valence-corrected chi connectivity index (χ1v) is 6.70. The number of nitrogens with two attached hydrogens (primary N) is 1. The Morgan fingerprint density at radius 2 is 2.25 bits per heavy atom. The highest BCUT2D eigenvalue weighted by Gasteiger charge is 2.13. The number of methoxy groups -OCH3 is 1. The lowest BCUT2D eigenvalue weighted by molar-refractivity contribution is 0.0601. The van der Waals surface area contributed by atoms with E-state index in [0.29, 0.717) is 36.1 Å². The summed E-state index contributed by atoms with van der Waals surface area (Å²) in [6.45, 7) is 6.32. The van der Waals surface area contributed by atoms with E-state index < -0.39 is 5.97 Å². The molecule has 0 saturated heterocycles. The fourth-order valence-corrected chi connectivity index (χ4v) is 1.59. The van der Waals surface area contributed by atoms with Crippen LogP contribution in [0.5, 0.6) is 0 Å². The smallest absolute Gasteiger partial charge is 0.341 e. The van der Waals surface area contributed by atoms with Crippen LogP contribution in [0.3, 0.4) is 0 Å². The van der Waals surface area contributed by atoms with Crippen LogP contribution in [0.1, 0.15) is 30.6 Å². The van der Waals surface area contributed by atoms with E-state index >= 15 is 0 Å². The number of hydrogen-bond donors (Lipinski definition) is 2. The Hall–Kier alpha value is -1.82. The molecule has 0 radical (unpaired) electrons. The van der Waals surface area contributed by atoms with E-state index in [1.165, 1.54) is 13.3 Å². The minimum Gasteiger partial charge on any atom is -0.465 e. The maximum Gasteiger partial charge on any atom is 0.341 e. The number of ether oxygens (including phenoxy) is 2. The molecule has 0 bridgehead atoms. The minimum absolute atomic E-state index is 0.343. The molecule has 0 fully saturated rings. The molecular formula is C14H23N3O3. The van der Waals surface area contributed by atoms with Crippen LogP contribution < -0.4 is 11.1 Å². The molecule has 0 atom stereocenters. The second-order valence-electron chi connectivity index (χ2n) is 4.91. The van der Waals surface area contributed by atoms with Gasteiger partial charge in [-0.1, -0.05) is 13.8 Å². The number of anilines is 2. The first-order valence-electron chi connectivity index (χ1n) is 6.70. The van der Waals surface area contributed by atoms with Gasteiger partial charge >= 0.3 is 5.97 Å². The largest absolute Gasteiger partial charge is 0.465 e. The molecule has 6 nitrogen and oxygen atoms in total. The summed E-state index contributed by atoms with van der Waals surface area (Å²) in [4.78, 5) is 15.7. The second kappa shape index (κ2) is 8.37. The third-order valence-corrected chi connectivity index (χ3v) is 2.52. The van der Waals surface area contributed by atoms with Gasteiger partial charge in [-0.25, -0.2) is 9.78 Å². The van der Waals surface area contributed by atoms with Gasteiger partial charge in [0, 0.05) is 19.8 Å². The molecule has 0 spiro atoms. The molecule has 1 aromatic heterocycles. The van der Waals surface area contributed by atoms with Crippen molar-refractivity contribution >= 4 is 17.5 Å². The van der Waals surface area contributed by atoms with Crippen molar-refractivity contribution in [2.24, 2.45) is 5.92 Å². The predicted octanol–water partition coefficient (Wildman–Crippen LogP) is 1.93. The number of aromatic nitrogens is 1. The van der Waals surface area contributed by atoms with Gasteiger partial charge in [-0.3, -0.25) is 0 Å². The molecule has 0 unspecified atom stereocenters. The van der Waals surface area contributed by atoms with Gasteiger partial charge in [0.1, 0.15) is 11.4 Å². The zero-order chi connectivity index (χ0) is 15.0. The van der Waals surface area contributed by atoms with Crippen LogP contribution in [0.4, 0.5) is 11.5 Å². The number of carbonyl (C=O) groups excluding carboxylic acids is 1. The summed E-state index contributed by atoms with van der Waals surface area (Å²) in [5.41, 5.74) is 6.39. The maximum absolute atomic E-state index is 11.6. The summed E-state index contributed by atoms with van der Waals surface area (Å²) in [5.74, 6) is 0.561. The van der Waals surface area contributed by atoms with E-state index in [4.69, 9.17) is 15.2 Å². The molecule has 3 N–H and O–H groups in total. The van der Waals surface area contributed by atoms with Gasteiger partial charge in [-0.2, -0.15) is 0 Å². The van der Waals surface area contributed by atoms with Crippen LogP contribution in [0.15, 0.2) is 12.3 Å². The van der Waals surface area contributed by atoms with E-state index in [1.54, 1.807) is 6.07 Å². The van der Waals surface area contributed by atoms with Crippen molar-refractivity contribution in [2.75, 3.05) is 37.9 Å². The highest BCUT2D eigenvalue weighted by atomic mass is 16.5. The average molecular weight is 281 g/mol. The van der Waals surface area contributed by atoms with Crippen molar-refractivity contribution in [3.05, 3.63) is 17.8 Å². The summed E-state index contributed by atoms with van der Waals surface area (Å²) in [5, 5.41) is 3.10. The molecule has 0 aromatic carbocycles. The van der Waals surface area contributed by atoms with Crippen molar-refractivity contribution < 1.29 is 14.3 Å². The van der Waals surface area contributed by atoms with Crippen LogP contribution >= 0.6 is 0 Å². The first kappa shape index (κ1) is 16.2. The first-order chi connectivity index (χ1) is 9.54. The van der Waals surface area contributed by atoms with Crippen LogP contribution in [0.25, 0.3) is 0 Å². The van der Waals surface area contributed by atoms with Gasteiger partial charge in [0.2, 0.25) is 0 Å². The monoisotopic (exact) mass is 281 g/mol. The molecular weight excluding hydrogens is 258 g/mol. The molecule has 20 heavy (non-hydrogen) atoms. The number of nitrogens with zero attached hydrogens (tertiary/aromatic N) is 1. The molecule has 112 valence electrons. The Kier molecular flexibility index (Phi) is 6.79. The average Bonchev–Trinajstić information content (AvgIpc) is 2.42. The van der Waals surface area contributed by atoms with Crippen molar-refractivity contribution in [2.45, 2.75) is 20.3 Å². The van der Waals surface area contributed by atoms with Gasteiger partial charge in [-0.15, -0.1) is 0 Å². The lowest BCUT2D eigenvalue weighted by Crippen LogP contribution is -2.13. The van der Waals surface area contributed by atoms with Gasteiger partial charge in [0.25, 0.3) is 0 Å². The molecule has 6 heteroatoms. The molecule has 0 amide bonds. The fourth-order valence-electron chi connectivity index (χ4n) is 1.59. The highest BCUT2D eigenvalue weighted by molar-refractivity contribution is 5.95. The topological polar surface area (TPSA) is 86.5 Å². The van der Waals surface area contributed by atoms with E-state index in [0.717, 1.165) is 13.0 Å². The summed E-state index contributed by atoms with van der Waals surface area (Å²) >= 11 is 0. The number of nitrogen functional groups attached to an aromatic ring is 1. The zero-order valence-corrected chi connectivity index (χ0v) is 12.3. The number of pyridine rings is 1. The molecule has 1 rings (SSSR count). The lowest BCUT2D eigenvalue weighted by Gasteiger charge is -2.11. The number of hydrogen-bond acceptors (Lipinski definition) is 6. The third kappa shape index (κ3) is 5.44. The van der Waals surface area contributed by atoms with E-state index in [-0.39, 0.29) is 0 Å². The number of carbonyl (C=O) groups is 1. The van der Waals surface area contributed by atoms with Crippen LogP contribution in [-0.4, -0.2) is 37.8 Å². The highest BCUT2D eigenvalue weighted by Crippen LogP contribution is 2.16. The molecule has 1 heterocycles. The van der Waals surface area contributed by atoms with Crippen molar-refractivity contribution in [1.82, 2.24) is 4.98 Å². The summed E-state index contributed by atoms with van der Waals surface area (Å²) in [6.07, 6.45) is 2.34.